The first-order valence-electron chi connectivity index (χ1n) is 4.87. The third-order valence-corrected chi connectivity index (χ3v) is 2.53. The molecule has 0 aliphatic rings. The Hall–Kier alpha value is -1.51. The molecule has 0 aliphatic carbocycles. The second kappa shape index (κ2) is 3.70. The van der Waals surface area contributed by atoms with Crippen LogP contribution in [-0.4, -0.2) is 14.3 Å². The predicted molar refractivity (Wildman–Crippen MR) is 56.1 cm³/mol. The molecule has 0 saturated heterocycles. The molecule has 0 unspecified atom stereocenters. The maximum Gasteiger partial charge on any atom is 0.0588 e. The fourth-order valence-electron chi connectivity index (χ4n) is 1.69. The number of aryl methyl sites for hydroxylation is 3. The smallest absolute Gasteiger partial charge is 0.0588 e. The Morgan fingerprint density at radius 3 is 2.43 bits per heavy atom. The zero-order valence-corrected chi connectivity index (χ0v) is 8.64. The Bertz CT molecular complexity index is 379. The van der Waals surface area contributed by atoms with E-state index in [9.17, 15) is 0 Å². The van der Waals surface area contributed by atoms with Crippen LogP contribution in [0.1, 0.15) is 11.4 Å². The molecule has 0 aromatic carbocycles. The van der Waals surface area contributed by atoms with Gasteiger partial charge in [-0.05, 0) is 32.0 Å². The van der Waals surface area contributed by atoms with E-state index in [0.29, 0.717) is 0 Å². The van der Waals surface area contributed by atoms with E-state index in [1.165, 1.54) is 11.4 Å². The third-order valence-electron chi connectivity index (χ3n) is 2.53. The van der Waals surface area contributed by atoms with Gasteiger partial charge in [-0.25, -0.2) is 0 Å². The van der Waals surface area contributed by atoms with E-state index < -0.39 is 0 Å². The highest BCUT2D eigenvalue weighted by atomic mass is 15.3. The van der Waals surface area contributed by atoms with E-state index in [1.54, 1.807) is 0 Å². The van der Waals surface area contributed by atoms with Gasteiger partial charge in [-0.15, -0.1) is 0 Å². The van der Waals surface area contributed by atoms with Crippen LogP contribution in [0.2, 0.25) is 0 Å². The number of rotatable bonds is 3. The quantitative estimate of drug-likeness (QED) is 0.724. The molecule has 3 nitrogen and oxygen atoms in total. The minimum Gasteiger partial charge on any atom is -0.347 e. The molecule has 0 N–H and O–H groups in total. The van der Waals surface area contributed by atoms with Crippen LogP contribution in [-0.2, 0) is 13.1 Å². The van der Waals surface area contributed by atoms with E-state index in [4.69, 9.17) is 0 Å². The standard InChI is InChI=1S/C11H15N3/c1-10-4-5-11(2)14(10)9-8-13-7-3-6-12-13/h3-7H,8-9H2,1-2H3. The van der Waals surface area contributed by atoms with Crippen molar-refractivity contribution in [1.82, 2.24) is 14.3 Å². The molecule has 0 radical (unpaired) electrons. The molecule has 0 bridgehead atoms. The van der Waals surface area contributed by atoms with Crippen molar-refractivity contribution in [2.45, 2.75) is 26.9 Å². The summed E-state index contributed by atoms with van der Waals surface area (Å²) in [5.74, 6) is 0. The largest absolute Gasteiger partial charge is 0.347 e. The van der Waals surface area contributed by atoms with Gasteiger partial charge in [0, 0.05) is 30.3 Å². The Morgan fingerprint density at radius 2 is 1.86 bits per heavy atom. The molecular weight excluding hydrogens is 174 g/mol. The van der Waals surface area contributed by atoms with Crippen LogP contribution < -0.4 is 0 Å². The first-order valence-corrected chi connectivity index (χ1v) is 4.87. The predicted octanol–water partition coefficient (Wildman–Crippen LogP) is 2.00. The summed E-state index contributed by atoms with van der Waals surface area (Å²) in [7, 11) is 0. The van der Waals surface area contributed by atoms with E-state index in [1.807, 2.05) is 23.1 Å². The van der Waals surface area contributed by atoms with Crippen LogP contribution in [0.5, 0.6) is 0 Å². The molecule has 0 amide bonds. The first kappa shape index (κ1) is 9.06. The summed E-state index contributed by atoms with van der Waals surface area (Å²) >= 11 is 0. The third kappa shape index (κ3) is 1.71. The molecule has 2 rings (SSSR count). The van der Waals surface area contributed by atoms with Crippen molar-refractivity contribution in [2.24, 2.45) is 0 Å². The second-order valence-electron chi connectivity index (χ2n) is 3.54. The Labute approximate surface area is 84.0 Å². The highest BCUT2D eigenvalue weighted by Gasteiger charge is 2.00. The molecule has 14 heavy (non-hydrogen) atoms. The summed E-state index contributed by atoms with van der Waals surface area (Å²) in [6, 6.07) is 6.26. The van der Waals surface area contributed by atoms with Crippen molar-refractivity contribution in [2.75, 3.05) is 0 Å². The van der Waals surface area contributed by atoms with E-state index >= 15 is 0 Å². The normalized spacial score (nSPS) is 10.7. The maximum atomic E-state index is 4.18. The van der Waals surface area contributed by atoms with Gasteiger partial charge in [0.25, 0.3) is 0 Å². The van der Waals surface area contributed by atoms with Crippen LogP contribution in [0.3, 0.4) is 0 Å². The zero-order chi connectivity index (χ0) is 9.97. The minimum atomic E-state index is 0.934. The topological polar surface area (TPSA) is 22.8 Å². The SMILES string of the molecule is Cc1ccc(C)n1CCn1cccn1. The maximum absolute atomic E-state index is 4.18. The van der Waals surface area contributed by atoms with Gasteiger partial charge in [-0.1, -0.05) is 0 Å². The second-order valence-corrected chi connectivity index (χ2v) is 3.54. The summed E-state index contributed by atoms with van der Waals surface area (Å²) in [5, 5.41) is 4.18. The van der Waals surface area contributed by atoms with E-state index in [-0.39, 0.29) is 0 Å². The number of aromatic nitrogens is 3. The minimum absolute atomic E-state index is 0.934. The van der Waals surface area contributed by atoms with Gasteiger partial charge in [0.15, 0.2) is 0 Å². The van der Waals surface area contributed by atoms with Crippen LogP contribution in [0.25, 0.3) is 0 Å². The molecule has 74 valence electrons. The number of nitrogens with zero attached hydrogens (tertiary/aromatic N) is 3. The van der Waals surface area contributed by atoms with Crippen molar-refractivity contribution < 1.29 is 0 Å². The van der Waals surface area contributed by atoms with Crippen molar-refractivity contribution in [3.63, 3.8) is 0 Å². The molecule has 0 fully saturated rings. The van der Waals surface area contributed by atoms with E-state index in [0.717, 1.165) is 13.1 Å². The molecule has 0 saturated carbocycles. The molecule has 2 aromatic rings. The molecule has 3 heteroatoms. The Balaban J connectivity index is 2.05. The molecule has 2 heterocycles. The highest BCUT2D eigenvalue weighted by molar-refractivity contribution is 5.13. The first-order chi connectivity index (χ1) is 6.77. The number of hydrogen-bond acceptors (Lipinski definition) is 1. The molecule has 0 aliphatic heterocycles. The van der Waals surface area contributed by atoms with Crippen LogP contribution in [0.4, 0.5) is 0 Å². The number of hydrogen-bond donors (Lipinski definition) is 0. The monoisotopic (exact) mass is 189 g/mol. The summed E-state index contributed by atoms with van der Waals surface area (Å²) in [6.07, 6.45) is 3.81. The van der Waals surface area contributed by atoms with E-state index in [2.05, 4.69) is 35.6 Å². The van der Waals surface area contributed by atoms with Crippen molar-refractivity contribution >= 4 is 0 Å². The van der Waals surface area contributed by atoms with Gasteiger partial charge in [-0.2, -0.15) is 5.10 Å². The Morgan fingerprint density at radius 1 is 1.14 bits per heavy atom. The lowest BCUT2D eigenvalue weighted by molar-refractivity contribution is 0.522. The van der Waals surface area contributed by atoms with Crippen molar-refractivity contribution in [1.29, 1.82) is 0 Å². The van der Waals surface area contributed by atoms with Gasteiger partial charge in [-0.3, -0.25) is 4.68 Å². The summed E-state index contributed by atoms with van der Waals surface area (Å²) in [4.78, 5) is 0. The van der Waals surface area contributed by atoms with Crippen LogP contribution in [0.15, 0.2) is 30.6 Å². The van der Waals surface area contributed by atoms with Crippen LogP contribution >= 0.6 is 0 Å². The lowest BCUT2D eigenvalue weighted by atomic mass is 10.5. The average Bonchev–Trinajstić information content (AvgIpc) is 2.76. The molecule has 0 atom stereocenters. The van der Waals surface area contributed by atoms with Crippen molar-refractivity contribution in [3.05, 3.63) is 42.0 Å². The summed E-state index contributed by atoms with van der Waals surface area (Å²) in [6.45, 7) is 6.20. The molecule has 2 aromatic heterocycles. The molecular formula is C11H15N3. The zero-order valence-electron chi connectivity index (χ0n) is 8.64. The fourth-order valence-corrected chi connectivity index (χ4v) is 1.69. The van der Waals surface area contributed by atoms with Gasteiger partial charge in [0.1, 0.15) is 0 Å². The Kier molecular flexibility index (Phi) is 2.39. The lowest BCUT2D eigenvalue weighted by Gasteiger charge is -2.08. The molecule has 0 spiro atoms. The van der Waals surface area contributed by atoms with Gasteiger partial charge >= 0.3 is 0 Å². The average molecular weight is 189 g/mol. The highest BCUT2D eigenvalue weighted by Crippen LogP contribution is 2.06. The summed E-state index contributed by atoms with van der Waals surface area (Å²) in [5.41, 5.74) is 2.63. The fraction of sp³-hybridized carbons (Fsp3) is 0.364. The summed E-state index contributed by atoms with van der Waals surface area (Å²) < 4.78 is 4.26. The van der Waals surface area contributed by atoms with Crippen LogP contribution in [0, 0.1) is 13.8 Å². The lowest BCUT2D eigenvalue weighted by Crippen LogP contribution is -2.09. The van der Waals surface area contributed by atoms with Gasteiger partial charge in [0.2, 0.25) is 0 Å². The van der Waals surface area contributed by atoms with Crippen molar-refractivity contribution in [3.8, 4) is 0 Å². The van der Waals surface area contributed by atoms with Gasteiger partial charge < -0.3 is 4.57 Å². The van der Waals surface area contributed by atoms with Gasteiger partial charge in [0.05, 0.1) is 6.54 Å².